The molecule has 1 aromatic carbocycles. The summed E-state index contributed by atoms with van der Waals surface area (Å²) in [7, 11) is -7.23. The lowest BCUT2D eigenvalue weighted by atomic mass is 9.97. The molecular formula is C23H29N3O6S3. The maximum atomic E-state index is 13.0. The van der Waals surface area contributed by atoms with Crippen LogP contribution in [0.15, 0.2) is 34.1 Å². The van der Waals surface area contributed by atoms with Crippen LogP contribution in [0.3, 0.4) is 0 Å². The number of piperidine rings is 1. The van der Waals surface area contributed by atoms with E-state index in [0.717, 1.165) is 48.8 Å². The first-order valence-corrected chi connectivity index (χ1v) is 15.7. The molecule has 0 atom stereocenters. The average Bonchev–Trinajstić information content (AvgIpc) is 2.99. The maximum Gasteiger partial charge on any atom is 0.251 e. The zero-order valence-corrected chi connectivity index (χ0v) is 21.9. The summed E-state index contributed by atoms with van der Waals surface area (Å²) in [6.45, 7) is 0.329. The third-order valence-electron chi connectivity index (χ3n) is 6.62. The van der Waals surface area contributed by atoms with E-state index in [4.69, 9.17) is 5.73 Å². The first-order valence-electron chi connectivity index (χ1n) is 11.5. The molecule has 0 spiro atoms. The Labute approximate surface area is 209 Å². The predicted molar refractivity (Wildman–Crippen MR) is 134 cm³/mol. The van der Waals surface area contributed by atoms with E-state index in [0.29, 0.717) is 23.4 Å². The van der Waals surface area contributed by atoms with Crippen LogP contribution in [0.5, 0.6) is 0 Å². The quantitative estimate of drug-likeness (QED) is 0.540. The van der Waals surface area contributed by atoms with Gasteiger partial charge in [-0.25, -0.2) is 16.8 Å². The fourth-order valence-electron chi connectivity index (χ4n) is 4.67. The Hall–Kier alpha value is -2.28. The van der Waals surface area contributed by atoms with Crippen molar-refractivity contribution in [1.82, 2.24) is 4.31 Å². The van der Waals surface area contributed by atoms with Gasteiger partial charge in [0.2, 0.25) is 15.9 Å². The van der Waals surface area contributed by atoms with Crippen molar-refractivity contribution in [1.29, 1.82) is 0 Å². The molecular weight excluding hydrogens is 510 g/mol. The van der Waals surface area contributed by atoms with Crippen LogP contribution in [0.25, 0.3) is 0 Å². The van der Waals surface area contributed by atoms with Crippen LogP contribution >= 0.6 is 11.3 Å². The summed E-state index contributed by atoms with van der Waals surface area (Å²) in [4.78, 5) is 26.3. The summed E-state index contributed by atoms with van der Waals surface area (Å²) in [6.07, 6.45) is 6.52. The highest BCUT2D eigenvalue weighted by atomic mass is 32.2. The fraction of sp³-hybridized carbons (Fsp3) is 0.478. The number of aryl methyl sites for hydroxylation is 1. The highest BCUT2D eigenvalue weighted by Crippen LogP contribution is 2.38. The van der Waals surface area contributed by atoms with Gasteiger partial charge in [-0.05, 0) is 68.4 Å². The number of hydrogen-bond acceptors (Lipinski definition) is 7. The molecule has 12 heteroatoms. The van der Waals surface area contributed by atoms with E-state index >= 15 is 0 Å². The second-order valence-electron chi connectivity index (χ2n) is 9.04. The fourth-order valence-corrected chi connectivity index (χ4v) is 8.07. The third-order valence-corrected chi connectivity index (χ3v) is 10.9. The number of nitrogens with two attached hydrogens (primary N) is 1. The van der Waals surface area contributed by atoms with Crippen molar-refractivity contribution < 1.29 is 26.4 Å². The van der Waals surface area contributed by atoms with Gasteiger partial charge in [0.25, 0.3) is 5.91 Å². The molecule has 0 unspecified atom stereocenters. The van der Waals surface area contributed by atoms with E-state index < -0.39 is 31.7 Å². The normalized spacial score (nSPS) is 18.0. The summed E-state index contributed by atoms with van der Waals surface area (Å²) >= 11 is 1.42. The average molecular weight is 540 g/mol. The molecule has 1 aliphatic carbocycles. The van der Waals surface area contributed by atoms with Gasteiger partial charge in [-0.1, -0.05) is 6.42 Å². The zero-order valence-electron chi connectivity index (χ0n) is 19.4. The Balaban J connectivity index is 1.43. The second kappa shape index (κ2) is 10.00. The number of carbonyl (C=O) groups excluding carboxylic acids is 2. The monoisotopic (exact) mass is 539 g/mol. The topological polar surface area (TPSA) is 144 Å². The Bertz CT molecular complexity index is 1340. The number of nitrogens with zero attached hydrogens (tertiary/aromatic N) is 1. The smallest absolute Gasteiger partial charge is 0.251 e. The molecule has 190 valence electrons. The number of carbonyl (C=O) groups is 2. The van der Waals surface area contributed by atoms with Crippen molar-refractivity contribution in [3.8, 4) is 0 Å². The number of anilines is 1. The van der Waals surface area contributed by atoms with Gasteiger partial charge in [0, 0.05) is 30.1 Å². The number of amides is 2. The number of benzene rings is 1. The summed E-state index contributed by atoms with van der Waals surface area (Å²) in [5.74, 6) is -1.17. The first-order chi connectivity index (χ1) is 16.5. The van der Waals surface area contributed by atoms with Crippen LogP contribution in [0.4, 0.5) is 5.00 Å². The van der Waals surface area contributed by atoms with Crippen molar-refractivity contribution in [2.75, 3.05) is 24.7 Å². The number of hydrogen-bond donors (Lipinski definition) is 2. The summed E-state index contributed by atoms with van der Waals surface area (Å²) in [5, 5.41) is 3.39. The number of fused-ring (bicyclic) bond motifs is 1. The molecule has 1 fully saturated rings. The molecule has 1 aromatic heterocycles. The molecule has 0 saturated carbocycles. The molecule has 2 amide bonds. The number of sulfonamides is 1. The van der Waals surface area contributed by atoms with Crippen molar-refractivity contribution in [2.45, 2.75) is 54.7 Å². The van der Waals surface area contributed by atoms with Crippen molar-refractivity contribution in [2.24, 2.45) is 11.7 Å². The van der Waals surface area contributed by atoms with Crippen LogP contribution in [0, 0.1) is 5.92 Å². The zero-order chi connectivity index (χ0) is 25.4. The lowest BCUT2D eigenvalue weighted by Crippen LogP contribution is -2.41. The van der Waals surface area contributed by atoms with Crippen LogP contribution in [-0.2, 0) is 37.5 Å². The molecule has 0 bridgehead atoms. The highest BCUT2D eigenvalue weighted by Gasteiger charge is 2.33. The summed E-state index contributed by atoms with van der Waals surface area (Å²) < 4.78 is 50.6. The third kappa shape index (κ3) is 5.45. The van der Waals surface area contributed by atoms with Gasteiger partial charge in [-0.3, -0.25) is 9.59 Å². The van der Waals surface area contributed by atoms with E-state index in [1.165, 1.54) is 39.9 Å². The van der Waals surface area contributed by atoms with Crippen LogP contribution < -0.4 is 11.1 Å². The molecule has 2 aliphatic rings. The molecule has 35 heavy (non-hydrogen) atoms. The number of primary amides is 1. The predicted octanol–water partition coefficient (Wildman–Crippen LogP) is 2.56. The minimum absolute atomic E-state index is 0.0130. The molecule has 1 aliphatic heterocycles. The number of nitrogens with one attached hydrogen (secondary N) is 1. The van der Waals surface area contributed by atoms with Gasteiger partial charge in [-0.15, -0.1) is 11.3 Å². The van der Waals surface area contributed by atoms with Crippen LogP contribution in [0.2, 0.25) is 0 Å². The van der Waals surface area contributed by atoms with E-state index in [9.17, 15) is 26.4 Å². The van der Waals surface area contributed by atoms with Gasteiger partial charge in [0.15, 0.2) is 9.84 Å². The SMILES string of the molecule is CS(=O)(=O)c1ccc(S(=O)(=O)N2CCC(C(=O)Nc3sc4c(c3C(N)=O)CCCCC4)CC2)cc1. The maximum absolute atomic E-state index is 13.0. The van der Waals surface area contributed by atoms with E-state index in [2.05, 4.69) is 5.32 Å². The van der Waals surface area contributed by atoms with Gasteiger partial charge in [0.05, 0.1) is 15.4 Å². The molecule has 4 rings (SSSR count). The summed E-state index contributed by atoms with van der Waals surface area (Å²) in [5.41, 5.74) is 7.02. The molecule has 2 heterocycles. The lowest BCUT2D eigenvalue weighted by molar-refractivity contribution is -0.120. The molecule has 2 aromatic rings. The Morgan fingerprint density at radius 1 is 0.971 bits per heavy atom. The second-order valence-corrected chi connectivity index (χ2v) is 14.1. The minimum atomic E-state index is -3.81. The minimum Gasteiger partial charge on any atom is -0.365 e. The van der Waals surface area contributed by atoms with E-state index in [1.807, 2.05) is 0 Å². The Kier molecular flexibility index (Phi) is 7.37. The summed E-state index contributed by atoms with van der Waals surface area (Å²) in [6, 6.07) is 5.13. The van der Waals surface area contributed by atoms with Crippen molar-refractivity contribution >= 4 is 48.0 Å². The number of sulfone groups is 1. The van der Waals surface area contributed by atoms with E-state index in [1.54, 1.807) is 0 Å². The molecule has 0 radical (unpaired) electrons. The molecule has 9 nitrogen and oxygen atoms in total. The van der Waals surface area contributed by atoms with Crippen LogP contribution in [0.1, 0.15) is 52.9 Å². The highest BCUT2D eigenvalue weighted by molar-refractivity contribution is 7.90. The molecule has 1 saturated heterocycles. The van der Waals surface area contributed by atoms with Gasteiger partial charge in [0.1, 0.15) is 5.00 Å². The lowest BCUT2D eigenvalue weighted by Gasteiger charge is -2.30. The van der Waals surface area contributed by atoms with Crippen molar-refractivity contribution in [3.63, 3.8) is 0 Å². The van der Waals surface area contributed by atoms with Gasteiger partial charge < -0.3 is 11.1 Å². The van der Waals surface area contributed by atoms with Gasteiger partial charge >= 0.3 is 0 Å². The number of rotatable bonds is 6. The number of thiophene rings is 1. The molecule has 3 N–H and O–H groups in total. The standard InChI is InChI=1S/C23H29N3O6S3/c1-34(29,30)16-7-9-17(10-8-16)35(31,32)26-13-11-15(12-14-26)22(28)25-23-20(21(24)27)18-5-3-2-4-6-19(18)33-23/h7-10,15H,2-6,11-14H2,1H3,(H2,24,27)(H,25,28). The largest absolute Gasteiger partial charge is 0.365 e. The van der Waals surface area contributed by atoms with E-state index in [-0.39, 0.29) is 28.8 Å². The van der Waals surface area contributed by atoms with Gasteiger partial charge in [-0.2, -0.15) is 4.31 Å². The Morgan fingerprint density at radius 3 is 2.17 bits per heavy atom. The Morgan fingerprint density at radius 2 is 1.57 bits per heavy atom. The van der Waals surface area contributed by atoms with Crippen LogP contribution in [-0.4, -0.2) is 52.3 Å². The first kappa shape index (κ1) is 25.8. The van der Waals surface area contributed by atoms with Crippen molar-refractivity contribution in [3.05, 3.63) is 40.3 Å².